The van der Waals surface area contributed by atoms with Crippen LogP contribution in [0.3, 0.4) is 0 Å². The summed E-state index contributed by atoms with van der Waals surface area (Å²) in [5.41, 5.74) is 5.17. The first-order valence-corrected chi connectivity index (χ1v) is 13.6. The van der Waals surface area contributed by atoms with Gasteiger partial charge in [0.1, 0.15) is 11.5 Å². The molecule has 212 valence electrons. The number of nitrogens with one attached hydrogen (secondary N) is 1. The molecular formula is C30H38N6O4. The minimum absolute atomic E-state index is 0.204. The van der Waals surface area contributed by atoms with Crippen molar-refractivity contribution >= 4 is 28.4 Å². The molecule has 2 aromatic heterocycles. The van der Waals surface area contributed by atoms with Gasteiger partial charge in [-0.3, -0.25) is 14.5 Å². The Hall–Kier alpha value is -4.18. The number of rotatable bonds is 15. The molecule has 10 nitrogen and oxygen atoms in total. The van der Waals surface area contributed by atoms with Crippen molar-refractivity contribution in [3.8, 4) is 22.8 Å². The van der Waals surface area contributed by atoms with Gasteiger partial charge in [-0.1, -0.05) is 20.3 Å². The second kappa shape index (κ2) is 13.7. The number of nitrogens with zero attached hydrogens (tertiary/aromatic N) is 5. The minimum atomic E-state index is -0.752. The summed E-state index contributed by atoms with van der Waals surface area (Å²) in [6, 6.07) is 12.3. The highest BCUT2D eigenvalue weighted by Gasteiger charge is 2.15. The monoisotopic (exact) mass is 546 g/mol. The molecule has 0 amide bonds. The van der Waals surface area contributed by atoms with Crippen LogP contribution in [0, 0.1) is 0 Å². The zero-order valence-corrected chi connectivity index (χ0v) is 23.6. The van der Waals surface area contributed by atoms with E-state index in [4.69, 9.17) is 19.6 Å². The number of methoxy groups -OCH3 is 2. The molecule has 4 rings (SSSR count). The zero-order chi connectivity index (χ0) is 28.5. The van der Waals surface area contributed by atoms with E-state index in [-0.39, 0.29) is 6.42 Å². The normalized spacial score (nSPS) is 11.2. The average Bonchev–Trinajstić information content (AvgIpc) is 3.43. The Kier molecular flexibility index (Phi) is 9.91. The van der Waals surface area contributed by atoms with Gasteiger partial charge in [-0.25, -0.2) is 4.98 Å². The van der Waals surface area contributed by atoms with E-state index in [1.54, 1.807) is 26.6 Å². The van der Waals surface area contributed by atoms with Gasteiger partial charge in [0.15, 0.2) is 0 Å². The van der Waals surface area contributed by atoms with Gasteiger partial charge in [-0.05, 0) is 31.0 Å². The zero-order valence-electron chi connectivity index (χ0n) is 23.6. The maximum atomic E-state index is 10.7. The first-order valence-electron chi connectivity index (χ1n) is 13.6. The van der Waals surface area contributed by atoms with E-state index in [9.17, 15) is 4.79 Å². The average molecular weight is 547 g/mol. The molecule has 0 unspecified atom stereocenters. The van der Waals surface area contributed by atoms with Crippen LogP contribution in [-0.2, 0) is 11.3 Å². The summed E-state index contributed by atoms with van der Waals surface area (Å²) in [7, 11) is 3.30. The second-order valence-corrected chi connectivity index (χ2v) is 9.96. The summed E-state index contributed by atoms with van der Waals surface area (Å²) in [4.78, 5) is 22.5. The van der Waals surface area contributed by atoms with Gasteiger partial charge in [0.05, 0.1) is 43.3 Å². The van der Waals surface area contributed by atoms with E-state index in [1.165, 1.54) is 0 Å². The van der Waals surface area contributed by atoms with Crippen LogP contribution in [0.15, 0.2) is 55.0 Å². The highest BCUT2D eigenvalue weighted by atomic mass is 16.5. The molecule has 10 heteroatoms. The van der Waals surface area contributed by atoms with Crippen LogP contribution in [0.2, 0.25) is 0 Å². The number of hydrogen-bond donors (Lipinski definition) is 2. The van der Waals surface area contributed by atoms with Gasteiger partial charge in [0, 0.05) is 73.4 Å². The third-order valence-electron chi connectivity index (χ3n) is 6.58. The fraction of sp³-hybridized carbons (Fsp3) is 0.400. The molecule has 0 spiro atoms. The minimum Gasteiger partial charge on any atom is -0.497 e. The summed E-state index contributed by atoms with van der Waals surface area (Å²) in [5, 5.41) is 16.8. The van der Waals surface area contributed by atoms with E-state index in [1.807, 2.05) is 35.1 Å². The van der Waals surface area contributed by atoms with Crippen molar-refractivity contribution < 1.29 is 19.4 Å². The number of aryl methyl sites for hydroxylation is 1. The van der Waals surface area contributed by atoms with E-state index >= 15 is 0 Å². The molecule has 4 aromatic rings. The number of aromatic nitrogens is 4. The number of carboxylic acids is 1. The van der Waals surface area contributed by atoms with Crippen LogP contribution in [0.1, 0.15) is 39.5 Å². The Morgan fingerprint density at radius 3 is 2.48 bits per heavy atom. The lowest BCUT2D eigenvalue weighted by molar-refractivity contribution is -0.137. The quantitative estimate of drug-likeness (QED) is 0.192. The molecule has 0 radical (unpaired) electrons. The Balaban J connectivity index is 1.59. The lowest BCUT2D eigenvalue weighted by Gasteiger charge is -2.27. The van der Waals surface area contributed by atoms with Crippen molar-refractivity contribution in [3.05, 3.63) is 55.0 Å². The van der Waals surface area contributed by atoms with Crippen molar-refractivity contribution in [2.75, 3.05) is 32.2 Å². The first kappa shape index (κ1) is 28.8. The number of aliphatic carboxylic acids is 1. The predicted molar refractivity (Wildman–Crippen MR) is 157 cm³/mol. The molecular weight excluding hydrogens is 508 g/mol. The summed E-state index contributed by atoms with van der Waals surface area (Å²) in [6.45, 7) is 6.51. The smallest absolute Gasteiger partial charge is 0.303 e. The first-order chi connectivity index (χ1) is 19.4. The molecule has 40 heavy (non-hydrogen) atoms. The molecule has 2 heterocycles. The third kappa shape index (κ3) is 7.69. The van der Waals surface area contributed by atoms with Gasteiger partial charge in [-0.2, -0.15) is 5.10 Å². The Bertz CT molecular complexity index is 1400. The Morgan fingerprint density at radius 1 is 1.00 bits per heavy atom. The van der Waals surface area contributed by atoms with Gasteiger partial charge < -0.3 is 24.8 Å². The standard InChI is InChI=1S/C30H38N6O4/c1-21(2)31-11-13-36(24-14-25(39-3)17-26(15-24)40-4)23-9-10-27-28(16-23)34-29(19-32-27)22-18-33-35(20-22)12-7-5-6-8-30(37)38/h9-10,14-21,31H,5-8,11-13H2,1-4H3,(H,37,38). The summed E-state index contributed by atoms with van der Waals surface area (Å²) in [6.07, 6.45) is 8.13. The molecule has 0 aliphatic rings. The summed E-state index contributed by atoms with van der Waals surface area (Å²) < 4.78 is 12.9. The maximum Gasteiger partial charge on any atom is 0.303 e. The highest BCUT2D eigenvalue weighted by molar-refractivity contribution is 5.82. The summed E-state index contributed by atoms with van der Waals surface area (Å²) in [5.74, 6) is 0.689. The van der Waals surface area contributed by atoms with Crippen molar-refractivity contribution in [2.45, 2.75) is 52.1 Å². The molecule has 0 saturated heterocycles. The van der Waals surface area contributed by atoms with Crippen LogP contribution in [0.25, 0.3) is 22.3 Å². The number of anilines is 2. The summed E-state index contributed by atoms with van der Waals surface area (Å²) >= 11 is 0. The topological polar surface area (TPSA) is 115 Å². The van der Waals surface area contributed by atoms with Crippen LogP contribution in [0.4, 0.5) is 11.4 Å². The third-order valence-corrected chi connectivity index (χ3v) is 6.58. The lowest BCUT2D eigenvalue weighted by atomic mass is 10.2. The second-order valence-electron chi connectivity index (χ2n) is 9.96. The van der Waals surface area contributed by atoms with Crippen LogP contribution >= 0.6 is 0 Å². The predicted octanol–water partition coefficient (Wildman–Crippen LogP) is 5.29. The van der Waals surface area contributed by atoms with Crippen LogP contribution < -0.4 is 19.7 Å². The molecule has 2 N–H and O–H groups in total. The van der Waals surface area contributed by atoms with E-state index < -0.39 is 5.97 Å². The van der Waals surface area contributed by atoms with Gasteiger partial charge in [-0.15, -0.1) is 0 Å². The van der Waals surface area contributed by atoms with E-state index in [0.29, 0.717) is 12.5 Å². The number of benzene rings is 2. The van der Waals surface area contributed by atoms with Crippen molar-refractivity contribution in [3.63, 3.8) is 0 Å². The Labute approximate surface area is 235 Å². The molecule has 0 saturated carbocycles. The largest absolute Gasteiger partial charge is 0.497 e. The number of fused-ring (bicyclic) bond motifs is 1. The van der Waals surface area contributed by atoms with Crippen molar-refractivity contribution in [2.24, 2.45) is 0 Å². The van der Waals surface area contributed by atoms with Crippen molar-refractivity contribution in [1.29, 1.82) is 0 Å². The maximum absolute atomic E-state index is 10.7. The molecule has 0 bridgehead atoms. The molecule has 2 aromatic carbocycles. The molecule has 0 aliphatic carbocycles. The molecule has 0 aliphatic heterocycles. The fourth-order valence-electron chi connectivity index (χ4n) is 4.47. The number of hydrogen-bond acceptors (Lipinski definition) is 8. The fourth-order valence-corrected chi connectivity index (χ4v) is 4.47. The molecule has 0 atom stereocenters. The number of ether oxygens (including phenoxy) is 2. The highest BCUT2D eigenvalue weighted by Crippen LogP contribution is 2.34. The SMILES string of the molecule is COc1cc(OC)cc(N(CCNC(C)C)c2ccc3ncc(-c4cnn(CCCCCC(=O)O)c4)nc3c2)c1. The van der Waals surface area contributed by atoms with Crippen LogP contribution in [-0.4, -0.2) is 64.2 Å². The van der Waals surface area contributed by atoms with Gasteiger partial charge in [0.25, 0.3) is 0 Å². The van der Waals surface area contributed by atoms with Gasteiger partial charge in [0.2, 0.25) is 0 Å². The lowest BCUT2D eigenvalue weighted by Crippen LogP contribution is -2.32. The molecule has 0 fully saturated rings. The van der Waals surface area contributed by atoms with Gasteiger partial charge >= 0.3 is 5.97 Å². The number of carbonyl (C=O) groups is 1. The number of unbranched alkanes of at least 4 members (excludes halogenated alkanes) is 2. The van der Waals surface area contributed by atoms with Crippen LogP contribution in [0.5, 0.6) is 11.5 Å². The Morgan fingerprint density at radius 2 is 1.77 bits per heavy atom. The number of carboxylic acid groups (broad SMARTS) is 1. The van der Waals surface area contributed by atoms with E-state index in [2.05, 4.69) is 46.3 Å². The van der Waals surface area contributed by atoms with Crippen molar-refractivity contribution in [1.82, 2.24) is 25.1 Å². The van der Waals surface area contributed by atoms with E-state index in [0.717, 1.165) is 77.6 Å².